The van der Waals surface area contributed by atoms with E-state index in [0.717, 1.165) is 54.7 Å². The molecule has 0 aliphatic rings. The molecule has 0 amide bonds. The average molecular weight is 495 g/mol. The molecule has 6 aromatic rings. The first kappa shape index (κ1) is 23.1. The van der Waals surface area contributed by atoms with Gasteiger partial charge in [0.1, 0.15) is 11.6 Å². The second-order valence-electron chi connectivity index (χ2n) is 9.19. The van der Waals surface area contributed by atoms with Crippen molar-refractivity contribution in [3.05, 3.63) is 106 Å². The summed E-state index contributed by atoms with van der Waals surface area (Å²) in [5, 5.41) is 15.4. The minimum atomic E-state index is 0.358. The van der Waals surface area contributed by atoms with Crippen LogP contribution in [-0.4, -0.2) is 29.1 Å². The maximum atomic E-state index is 10.3. The van der Waals surface area contributed by atoms with Crippen LogP contribution in [0.25, 0.3) is 48.7 Å². The SMILES string of the molecule is [C-]#[N+]/C(c1ncc2ccccc2n1)=c1\c2c(C)n(C)/c(=C(/C#N)c3ncc4ccccc4n3)c2c(C)n1C. The Kier molecular flexibility index (Phi) is 5.25. The van der Waals surface area contributed by atoms with E-state index in [1.54, 1.807) is 12.4 Å². The monoisotopic (exact) mass is 494 g/mol. The molecule has 0 atom stereocenters. The summed E-state index contributed by atoms with van der Waals surface area (Å²) in [4.78, 5) is 22.4. The molecule has 0 saturated carbocycles. The number of hydrogen-bond donors (Lipinski definition) is 0. The third kappa shape index (κ3) is 3.28. The van der Waals surface area contributed by atoms with Crippen molar-refractivity contribution < 1.29 is 0 Å². The lowest BCUT2D eigenvalue weighted by atomic mass is 10.1. The van der Waals surface area contributed by atoms with E-state index in [2.05, 4.69) is 20.9 Å². The lowest BCUT2D eigenvalue weighted by Gasteiger charge is -2.06. The minimum Gasteiger partial charge on any atom is -0.356 e. The van der Waals surface area contributed by atoms with Crippen LogP contribution in [0, 0.1) is 31.8 Å². The van der Waals surface area contributed by atoms with Gasteiger partial charge in [0.25, 0.3) is 5.70 Å². The van der Waals surface area contributed by atoms with Gasteiger partial charge in [0.05, 0.1) is 28.3 Å². The third-order valence-electron chi connectivity index (χ3n) is 7.22. The predicted octanol–water partition coefficient (Wildman–Crippen LogP) is 3.82. The zero-order valence-corrected chi connectivity index (χ0v) is 21.4. The van der Waals surface area contributed by atoms with Crippen LogP contribution in [0.3, 0.4) is 0 Å². The Labute approximate surface area is 218 Å². The largest absolute Gasteiger partial charge is 0.356 e. The van der Waals surface area contributed by atoms with Crippen molar-refractivity contribution in [1.29, 1.82) is 5.26 Å². The molecule has 4 heterocycles. The summed E-state index contributed by atoms with van der Waals surface area (Å²) < 4.78 is 3.98. The van der Waals surface area contributed by atoms with E-state index in [1.807, 2.05) is 85.6 Å². The van der Waals surface area contributed by atoms with Crippen molar-refractivity contribution in [2.45, 2.75) is 13.8 Å². The zero-order chi connectivity index (χ0) is 26.6. The van der Waals surface area contributed by atoms with Crippen LogP contribution in [-0.2, 0) is 14.1 Å². The number of aromatic nitrogens is 6. The number of rotatable bonds is 2. The number of hydrogen-bond acceptors (Lipinski definition) is 5. The van der Waals surface area contributed by atoms with Crippen molar-refractivity contribution in [3.63, 3.8) is 0 Å². The summed E-state index contributed by atoms with van der Waals surface area (Å²) in [6.07, 6.45) is 3.49. The van der Waals surface area contributed by atoms with Crippen LogP contribution in [0.15, 0.2) is 60.9 Å². The normalized spacial score (nSPS) is 13.0. The first-order chi connectivity index (χ1) is 18.4. The Morgan fingerprint density at radius 2 is 1.29 bits per heavy atom. The fourth-order valence-corrected chi connectivity index (χ4v) is 5.11. The third-order valence-corrected chi connectivity index (χ3v) is 7.22. The lowest BCUT2D eigenvalue weighted by molar-refractivity contribution is 0.825. The van der Waals surface area contributed by atoms with Gasteiger partial charge in [0.2, 0.25) is 0 Å². The van der Waals surface area contributed by atoms with Crippen molar-refractivity contribution in [2.24, 2.45) is 14.1 Å². The Balaban J connectivity index is 1.75. The van der Waals surface area contributed by atoms with Gasteiger partial charge in [-0.15, -0.1) is 0 Å². The van der Waals surface area contributed by atoms with Crippen molar-refractivity contribution in [2.75, 3.05) is 0 Å². The fraction of sp³-hybridized carbons (Fsp3) is 0.133. The molecule has 0 aliphatic heterocycles. The number of nitriles is 1. The molecule has 0 saturated heterocycles. The van der Waals surface area contributed by atoms with Crippen LogP contribution in [0.1, 0.15) is 23.0 Å². The molecule has 8 heteroatoms. The number of benzene rings is 2. The van der Waals surface area contributed by atoms with Crippen LogP contribution >= 0.6 is 0 Å². The molecule has 0 radical (unpaired) electrons. The van der Waals surface area contributed by atoms with E-state index < -0.39 is 0 Å². The molecule has 0 bridgehead atoms. The van der Waals surface area contributed by atoms with Crippen molar-refractivity contribution >= 4 is 43.8 Å². The highest BCUT2D eigenvalue weighted by atomic mass is 15.0. The van der Waals surface area contributed by atoms with Crippen LogP contribution in [0.5, 0.6) is 0 Å². The van der Waals surface area contributed by atoms with Gasteiger partial charge < -0.3 is 9.13 Å². The highest BCUT2D eigenvalue weighted by molar-refractivity contribution is 5.96. The molecule has 182 valence electrons. The van der Waals surface area contributed by atoms with Crippen molar-refractivity contribution in [1.82, 2.24) is 29.1 Å². The van der Waals surface area contributed by atoms with E-state index >= 15 is 0 Å². The molecule has 0 spiro atoms. The van der Waals surface area contributed by atoms with Crippen LogP contribution < -0.4 is 10.7 Å². The summed E-state index contributed by atoms with van der Waals surface area (Å²) in [5.74, 6) is 0.735. The van der Waals surface area contributed by atoms with Crippen LogP contribution in [0.2, 0.25) is 0 Å². The minimum absolute atomic E-state index is 0.358. The van der Waals surface area contributed by atoms with Gasteiger partial charge in [-0.2, -0.15) is 5.26 Å². The molecular weight excluding hydrogens is 472 g/mol. The van der Waals surface area contributed by atoms with E-state index in [9.17, 15) is 5.26 Å². The van der Waals surface area contributed by atoms with Gasteiger partial charge >= 0.3 is 0 Å². The van der Waals surface area contributed by atoms with Gasteiger partial charge in [-0.05, 0) is 26.0 Å². The summed E-state index contributed by atoms with van der Waals surface area (Å²) in [6.45, 7) is 12.1. The summed E-state index contributed by atoms with van der Waals surface area (Å²) in [5.41, 5.74) is 4.13. The second-order valence-corrected chi connectivity index (χ2v) is 9.19. The Hall–Kier alpha value is -5.34. The molecule has 0 fully saturated rings. The van der Waals surface area contributed by atoms with E-state index in [4.69, 9.17) is 16.5 Å². The smallest absolute Gasteiger partial charge is 0.254 e. The van der Waals surface area contributed by atoms with Gasteiger partial charge in [-0.3, -0.25) is 0 Å². The van der Waals surface area contributed by atoms with Gasteiger partial charge in [-0.25, -0.2) is 24.8 Å². The van der Waals surface area contributed by atoms with Gasteiger partial charge in [-0.1, -0.05) is 36.4 Å². The Morgan fingerprint density at radius 1 is 0.789 bits per heavy atom. The summed E-state index contributed by atoms with van der Waals surface area (Å²) in [6, 6.07) is 17.8. The molecule has 4 aromatic heterocycles. The highest BCUT2D eigenvalue weighted by Crippen LogP contribution is 2.23. The zero-order valence-electron chi connectivity index (χ0n) is 21.4. The maximum Gasteiger partial charge on any atom is 0.254 e. The molecule has 2 aromatic carbocycles. The molecule has 38 heavy (non-hydrogen) atoms. The quantitative estimate of drug-likeness (QED) is 0.342. The Bertz CT molecular complexity index is 1990. The summed E-state index contributed by atoms with van der Waals surface area (Å²) >= 11 is 0. The number of fused-ring (bicyclic) bond motifs is 3. The standard InChI is InChI=1S/C30H22N8/c1-17-24-25(28(38(17)5)26(32-3)30-34-16-20-11-7-9-13-23(20)36-30)18(2)37(4)27(24)21(14-31)29-33-15-19-10-6-8-12-22(19)35-29/h6-13,15-16H,1-2,4-5H3/b27-21-,28-26+. The number of nitrogens with zero attached hydrogens (tertiary/aromatic N) is 8. The van der Waals surface area contributed by atoms with E-state index in [-0.39, 0.29) is 0 Å². The lowest BCUT2D eigenvalue weighted by Crippen LogP contribution is -2.22. The number of para-hydroxylation sites is 2. The predicted molar refractivity (Wildman–Crippen MR) is 147 cm³/mol. The maximum absolute atomic E-state index is 10.3. The van der Waals surface area contributed by atoms with E-state index in [0.29, 0.717) is 22.9 Å². The van der Waals surface area contributed by atoms with Gasteiger partial charge in [0, 0.05) is 59.4 Å². The first-order valence-corrected chi connectivity index (χ1v) is 12.0. The number of aryl methyl sites for hydroxylation is 2. The van der Waals surface area contributed by atoms with Crippen molar-refractivity contribution in [3.8, 4) is 6.07 Å². The Morgan fingerprint density at radius 3 is 1.87 bits per heavy atom. The fourth-order valence-electron chi connectivity index (χ4n) is 5.11. The molecule has 8 nitrogen and oxygen atoms in total. The average Bonchev–Trinajstić information content (AvgIpc) is 3.35. The topological polar surface area (TPSA) is 89.6 Å². The molecule has 0 aliphatic carbocycles. The molecule has 0 unspecified atom stereocenters. The summed E-state index contributed by atoms with van der Waals surface area (Å²) in [7, 11) is 3.86. The molecular formula is C30H22N8. The second kappa shape index (κ2) is 8.65. The highest BCUT2D eigenvalue weighted by Gasteiger charge is 2.22. The molecule has 0 N–H and O–H groups in total. The van der Waals surface area contributed by atoms with Gasteiger partial charge in [0.15, 0.2) is 11.6 Å². The van der Waals surface area contributed by atoms with E-state index in [1.165, 1.54) is 0 Å². The molecule has 6 rings (SSSR count). The van der Waals surface area contributed by atoms with Crippen LogP contribution in [0.4, 0.5) is 0 Å². The first-order valence-electron chi connectivity index (χ1n) is 12.0.